The maximum absolute atomic E-state index is 4.44. The lowest BCUT2D eigenvalue weighted by Crippen LogP contribution is -2.25. The van der Waals surface area contributed by atoms with Crippen molar-refractivity contribution in [1.29, 1.82) is 0 Å². The first-order valence-electron chi connectivity index (χ1n) is 5.88. The van der Waals surface area contributed by atoms with Gasteiger partial charge in [0.2, 0.25) is 5.95 Å². The van der Waals surface area contributed by atoms with Gasteiger partial charge in [0.05, 0.1) is 0 Å². The van der Waals surface area contributed by atoms with Crippen LogP contribution in [0.2, 0.25) is 0 Å². The second kappa shape index (κ2) is 5.04. The van der Waals surface area contributed by atoms with E-state index in [4.69, 9.17) is 0 Å². The highest BCUT2D eigenvalue weighted by atomic mass is 79.9. The van der Waals surface area contributed by atoms with Crippen molar-refractivity contribution in [2.45, 2.75) is 33.2 Å². The highest BCUT2D eigenvalue weighted by molar-refractivity contribution is 9.10. The molecule has 0 saturated heterocycles. The Morgan fingerprint density at radius 2 is 2.18 bits per heavy atom. The molecule has 0 aliphatic carbocycles. The summed E-state index contributed by atoms with van der Waals surface area (Å²) in [6.45, 7) is 6.57. The number of rotatable bonds is 4. The van der Waals surface area contributed by atoms with Gasteiger partial charge < -0.3 is 5.32 Å². The molecular formula is C12H17BrN4. The van der Waals surface area contributed by atoms with Crippen LogP contribution in [0.3, 0.4) is 0 Å². The number of hydrogen-bond acceptors (Lipinski definition) is 3. The first kappa shape index (κ1) is 12.4. The number of aromatic nitrogens is 3. The molecule has 2 aromatic rings. The van der Waals surface area contributed by atoms with Crippen molar-refractivity contribution < 1.29 is 0 Å². The minimum atomic E-state index is 0.413. The summed E-state index contributed by atoms with van der Waals surface area (Å²) in [5.74, 6) is 1.27. The van der Waals surface area contributed by atoms with Gasteiger partial charge in [-0.15, -0.1) is 5.10 Å². The minimum Gasteiger partial charge on any atom is -0.350 e. The molecule has 0 aliphatic heterocycles. The lowest BCUT2D eigenvalue weighted by molar-refractivity contribution is 0.508. The van der Waals surface area contributed by atoms with Crippen LogP contribution in [0.15, 0.2) is 22.8 Å². The third-order valence-corrected chi connectivity index (χ3v) is 3.32. The van der Waals surface area contributed by atoms with Gasteiger partial charge in [-0.05, 0) is 40.4 Å². The smallest absolute Gasteiger partial charge is 0.243 e. The fraction of sp³-hybridized carbons (Fsp3) is 0.500. The predicted octanol–water partition coefficient (Wildman–Crippen LogP) is 3.34. The van der Waals surface area contributed by atoms with Crippen molar-refractivity contribution in [2.24, 2.45) is 5.92 Å². The Morgan fingerprint density at radius 3 is 2.82 bits per heavy atom. The Labute approximate surface area is 110 Å². The third kappa shape index (κ3) is 2.77. The molecule has 0 saturated carbocycles. The summed E-state index contributed by atoms with van der Waals surface area (Å²) >= 11 is 3.42. The van der Waals surface area contributed by atoms with Gasteiger partial charge in [-0.3, -0.25) is 0 Å². The van der Waals surface area contributed by atoms with Crippen molar-refractivity contribution in [2.75, 3.05) is 5.32 Å². The van der Waals surface area contributed by atoms with Crippen LogP contribution in [0.4, 0.5) is 5.95 Å². The van der Waals surface area contributed by atoms with Crippen molar-refractivity contribution in [3.05, 3.63) is 22.8 Å². The summed E-state index contributed by atoms with van der Waals surface area (Å²) in [5.41, 5.74) is 0.856. The largest absolute Gasteiger partial charge is 0.350 e. The summed E-state index contributed by atoms with van der Waals surface area (Å²) in [7, 11) is 0. The van der Waals surface area contributed by atoms with E-state index in [0.717, 1.165) is 16.5 Å². The van der Waals surface area contributed by atoms with Gasteiger partial charge in [-0.2, -0.15) is 4.98 Å². The Balaban J connectivity index is 2.24. The van der Waals surface area contributed by atoms with Crippen LogP contribution in [0.25, 0.3) is 5.65 Å². The van der Waals surface area contributed by atoms with E-state index in [9.17, 15) is 0 Å². The highest BCUT2D eigenvalue weighted by Crippen LogP contribution is 2.15. The zero-order chi connectivity index (χ0) is 12.4. The molecule has 92 valence electrons. The first-order chi connectivity index (χ1) is 8.10. The molecule has 0 aliphatic rings. The van der Waals surface area contributed by atoms with Crippen LogP contribution in [-0.4, -0.2) is 20.6 Å². The maximum Gasteiger partial charge on any atom is 0.243 e. The molecule has 5 heteroatoms. The average Bonchev–Trinajstić information content (AvgIpc) is 2.66. The Morgan fingerprint density at radius 1 is 1.41 bits per heavy atom. The van der Waals surface area contributed by atoms with Crippen LogP contribution >= 0.6 is 15.9 Å². The summed E-state index contributed by atoms with van der Waals surface area (Å²) in [6, 6.07) is 4.32. The molecule has 2 heterocycles. The highest BCUT2D eigenvalue weighted by Gasteiger charge is 2.13. The Kier molecular flexibility index (Phi) is 3.66. The van der Waals surface area contributed by atoms with Crippen LogP contribution in [0.5, 0.6) is 0 Å². The van der Waals surface area contributed by atoms with E-state index in [1.165, 1.54) is 0 Å². The number of anilines is 1. The molecule has 2 aromatic heterocycles. The number of hydrogen-bond donors (Lipinski definition) is 1. The van der Waals surface area contributed by atoms with Crippen molar-refractivity contribution >= 4 is 27.5 Å². The number of fused-ring (bicyclic) bond motifs is 1. The van der Waals surface area contributed by atoms with E-state index >= 15 is 0 Å². The van der Waals surface area contributed by atoms with Gasteiger partial charge in [-0.25, -0.2) is 4.52 Å². The lowest BCUT2D eigenvalue weighted by Gasteiger charge is -2.19. The molecule has 1 atom stereocenters. The first-order valence-corrected chi connectivity index (χ1v) is 6.68. The Hall–Kier alpha value is -1.10. The third-order valence-electron chi connectivity index (χ3n) is 2.85. The Bertz CT molecular complexity index is 506. The van der Waals surface area contributed by atoms with Crippen LogP contribution in [-0.2, 0) is 0 Å². The molecule has 4 nitrogen and oxygen atoms in total. The van der Waals surface area contributed by atoms with Gasteiger partial charge >= 0.3 is 0 Å². The monoisotopic (exact) mass is 296 g/mol. The number of nitrogens with one attached hydrogen (secondary N) is 1. The van der Waals surface area contributed by atoms with E-state index in [-0.39, 0.29) is 0 Å². The quantitative estimate of drug-likeness (QED) is 0.941. The van der Waals surface area contributed by atoms with Gasteiger partial charge in [0.25, 0.3) is 0 Å². The van der Waals surface area contributed by atoms with Crippen LogP contribution in [0.1, 0.15) is 27.2 Å². The molecule has 2 rings (SSSR count). The van der Waals surface area contributed by atoms with E-state index in [1.54, 1.807) is 4.52 Å². The van der Waals surface area contributed by atoms with Crippen LogP contribution < -0.4 is 5.32 Å². The minimum absolute atomic E-state index is 0.413. The molecule has 17 heavy (non-hydrogen) atoms. The molecular weight excluding hydrogens is 280 g/mol. The van der Waals surface area contributed by atoms with Gasteiger partial charge in [0, 0.05) is 16.7 Å². The fourth-order valence-electron chi connectivity index (χ4n) is 1.83. The standard InChI is InChI=1S/C12H17BrN4/c1-4-10(8(2)3)14-12-15-11-6-5-9(13)7-17(11)16-12/h5-8,10H,4H2,1-3H3,(H,14,16). The second-order valence-electron chi connectivity index (χ2n) is 4.49. The molecule has 0 spiro atoms. The number of pyridine rings is 1. The predicted molar refractivity (Wildman–Crippen MR) is 73.2 cm³/mol. The molecule has 1 unspecified atom stereocenters. The zero-order valence-corrected chi connectivity index (χ0v) is 11.9. The van der Waals surface area contributed by atoms with Crippen LogP contribution in [0, 0.1) is 5.92 Å². The molecule has 0 aromatic carbocycles. The lowest BCUT2D eigenvalue weighted by atomic mass is 10.0. The summed E-state index contributed by atoms with van der Waals surface area (Å²) < 4.78 is 2.77. The topological polar surface area (TPSA) is 42.2 Å². The molecule has 1 N–H and O–H groups in total. The summed E-state index contributed by atoms with van der Waals surface area (Å²) in [5, 5.41) is 7.79. The number of nitrogens with zero attached hydrogens (tertiary/aromatic N) is 3. The van der Waals surface area contributed by atoms with E-state index in [0.29, 0.717) is 17.9 Å². The summed E-state index contributed by atoms with van der Waals surface area (Å²) in [6.07, 6.45) is 2.97. The SMILES string of the molecule is CCC(Nc1nc2ccc(Br)cn2n1)C(C)C. The van der Waals surface area contributed by atoms with E-state index in [2.05, 4.69) is 52.1 Å². The van der Waals surface area contributed by atoms with Crippen molar-refractivity contribution in [1.82, 2.24) is 14.6 Å². The van der Waals surface area contributed by atoms with E-state index in [1.807, 2.05) is 18.3 Å². The number of halogens is 1. The zero-order valence-electron chi connectivity index (χ0n) is 10.3. The maximum atomic E-state index is 4.44. The molecule has 0 bridgehead atoms. The van der Waals surface area contributed by atoms with E-state index < -0.39 is 0 Å². The van der Waals surface area contributed by atoms with Crippen molar-refractivity contribution in [3.63, 3.8) is 0 Å². The molecule has 0 amide bonds. The van der Waals surface area contributed by atoms with Crippen molar-refractivity contribution in [3.8, 4) is 0 Å². The molecule has 0 radical (unpaired) electrons. The fourth-order valence-corrected chi connectivity index (χ4v) is 2.15. The van der Waals surface area contributed by atoms with Gasteiger partial charge in [0.1, 0.15) is 0 Å². The second-order valence-corrected chi connectivity index (χ2v) is 5.40. The molecule has 0 fully saturated rings. The van der Waals surface area contributed by atoms with Gasteiger partial charge in [0.15, 0.2) is 5.65 Å². The summed E-state index contributed by atoms with van der Waals surface area (Å²) in [4.78, 5) is 4.44. The van der Waals surface area contributed by atoms with Gasteiger partial charge in [-0.1, -0.05) is 20.8 Å². The normalized spacial score (nSPS) is 13.2. The average molecular weight is 297 g/mol.